The third-order valence-corrected chi connectivity index (χ3v) is 5.58. The number of imidazole rings is 1. The number of hydrogen-bond donors (Lipinski definition) is 4. The lowest BCUT2D eigenvalue weighted by molar-refractivity contribution is -0.0689. The fraction of sp³-hybridized carbons (Fsp3) is 0.500. The Kier molecular flexibility index (Phi) is 3.28. The van der Waals surface area contributed by atoms with E-state index in [1.165, 1.54) is 0 Å². The van der Waals surface area contributed by atoms with E-state index in [9.17, 15) is 24.7 Å². The van der Waals surface area contributed by atoms with Crippen molar-refractivity contribution in [2.24, 2.45) is 0 Å². The van der Waals surface area contributed by atoms with Gasteiger partial charge in [0.25, 0.3) is 5.95 Å². The highest BCUT2D eigenvalue weighted by molar-refractivity contribution is 7.78. The van der Waals surface area contributed by atoms with Crippen molar-refractivity contribution in [2.45, 2.75) is 24.5 Å². The van der Waals surface area contributed by atoms with E-state index >= 15 is 0 Å². The summed E-state index contributed by atoms with van der Waals surface area (Å²) in [6.07, 6.45) is -5.39. The van der Waals surface area contributed by atoms with Gasteiger partial charge in [0.15, 0.2) is 17.4 Å². The molecular formula is C10H10N5O9PS. The van der Waals surface area contributed by atoms with Crippen LogP contribution in [0.25, 0.3) is 11.2 Å². The minimum atomic E-state index is -4.07. The number of aromatic nitrogens is 4. The monoisotopic (exact) mass is 407 g/mol. The molecule has 0 aliphatic carbocycles. The molecule has 2 aromatic heterocycles. The number of nitrogens with zero attached hydrogens (tertiary/aromatic N) is 5. The molecule has 3 N–H and O–H groups in total. The van der Waals surface area contributed by atoms with Gasteiger partial charge in [-0.1, -0.05) is 18.0 Å². The lowest BCUT2D eigenvalue weighted by atomic mass is 10.1. The van der Waals surface area contributed by atoms with Crippen molar-refractivity contribution in [3.05, 3.63) is 10.4 Å². The zero-order chi connectivity index (χ0) is 18.4. The van der Waals surface area contributed by atoms with Crippen molar-refractivity contribution < 1.29 is 38.4 Å². The number of ether oxygens (including phenoxy) is 1. The van der Waals surface area contributed by atoms with Gasteiger partial charge in [-0.15, -0.1) is 9.25 Å². The molecule has 4 aliphatic rings. The van der Waals surface area contributed by atoms with Gasteiger partial charge in [-0.05, 0) is 0 Å². The Morgan fingerprint density at radius 1 is 1.23 bits per heavy atom. The number of rotatable bonds is 2. The average molecular weight is 407 g/mol. The summed E-state index contributed by atoms with van der Waals surface area (Å²) in [4.78, 5) is 19.9. The van der Waals surface area contributed by atoms with Crippen LogP contribution >= 0.6 is 20.6 Å². The normalized spacial score (nSPS) is 31.6. The first-order chi connectivity index (χ1) is 12.3. The molecule has 5 bridgehead atoms. The van der Waals surface area contributed by atoms with E-state index in [0.717, 1.165) is 8.54 Å². The second-order valence-electron chi connectivity index (χ2n) is 5.65. The zero-order valence-electron chi connectivity index (χ0n) is 12.4. The lowest BCUT2D eigenvalue weighted by Crippen LogP contribution is -2.37. The van der Waals surface area contributed by atoms with E-state index in [1.54, 1.807) is 0 Å². The van der Waals surface area contributed by atoms with Gasteiger partial charge in [0.2, 0.25) is 0 Å². The SMILES string of the molecule is O=c1nc2n(S)c3c1nc(n3C1OC(CO)C(O)C1O)OP1(=O)ON2O1. The fourth-order valence-electron chi connectivity index (χ4n) is 2.94. The summed E-state index contributed by atoms with van der Waals surface area (Å²) in [5.41, 5.74) is -1.06. The molecule has 4 atom stereocenters. The van der Waals surface area contributed by atoms with E-state index in [-0.39, 0.29) is 17.1 Å². The quantitative estimate of drug-likeness (QED) is 0.322. The Hall–Kier alpha value is -1.71. The molecule has 0 radical (unpaired) electrons. The number of aliphatic hydroxyl groups excluding tert-OH is 3. The van der Waals surface area contributed by atoms with Gasteiger partial charge in [0.1, 0.15) is 18.3 Å². The maximum Gasteiger partial charge on any atom is 0.580 e. The molecule has 14 nitrogen and oxygen atoms in total. The minimum Gasteiger partial charge on any atom is -0.394 e. The van der Waals surface area contributed by atoms with E-state index in [2.05, 4.69) is 22.8 Å². The van der Waals surface area contributed by atoms with Crippen molar-refractivity contribution in [1.29, 1.82) is 0 Å². The van der Waals surface area contributed by atoms with Crippen LogP contribution in [-0.4, -0.2) is 58.7 Å². The molecule has 6 rings (SSSR count). The summed E-state index contributed by atoms with van der Waals surface area (Å²) < 4.78 is 34.8. The first-order valence-corrected chi connectivity index (χ1v) is 9.05. The molecule has 4 unspecified atom stereocenters. The molecular weight excluding hydrogens is 397 g/mol. The zero-order valence-corrected chi connectivity index (χ0v) is 14.2. The maximum absolute atomic E-state index is 12.3. The smallest absolute Gasteiger partial charge is 0.394 e. The Morgan fingerprint density at radius 2 is 1.96 bits per heavy atom. The van der Waals surface area contributed by atoms with Gasteiger partial charge in [-0.25, -0.2) is 13.1 Å². The van der Waals surface area contributed by atoms with Gasteiger partial charge in [0, 0.05) is 0 Å². The third kappa shape index (κ3) is 1.99. The number of phosphoric acid groups is 1. The molecule has 0 amide bonds. The van der Waals surface area contributed by atoms with Crippen molar-refractivity contribution in [2.75, 3.05) is 11.8 Å². The molecule has 16 heteroatoms. The van der Waals surface area contributed by atoms with Crippen molar-refractivity contribution in [3.63, 3.8) is 0 Å². The second-order valence-corrected chi connectivity index (χ2v) is 7.46. The van der Waals surface area contributed by atoms with Crippen LogP contribution in [0.3, 0.4) is 0 Å². The van der Waals surface area contributed by atoms with Crippen LogP contribution in [-0.2, 0) is 18.6 Å². The summed E-state index contributed by atoms with van der Waals surface area (Å²) >= 11 is 4.22. The Labute approximate surface area is 148 Å². The van der Waals surface area contributed by atoms with E-state index < -0.39 is 50.5 Å². The van der Waals surface area contributed by atoms with Gasteiger partial charge < -0.3 is 24.6 Å². The molecule has 2 fully saturated rings. The highest BCUT2D eigenvalue weighted by atomic mass is 32.1. The van der Waals surface area contributed by atoms with Crippen LogP contribution in [0.1, 0.15) is 6.23 Å². The number of thiol groups is 1. The van der Waals surface area contributed by atoms with Crippen molar-refractivity contribution in [1.82, 2.24) is 18.5 Å². The molecule has 6 heterocycles. The maximum atomic E-state index is 12.3. The highest BCUT2D eigenvalue weighted by Gasteiger charge is 2.53. The van der Waals surface area contributed by atoms with Gasteiger partial charge in [-0.2, -0.15) is 9.97 Å². The standard InChI is InChI=1S/C10H10N5O9PS/c16-1-2-4(17)5(18)8(21-2)13-7-3-6(19)12-9(14(7)26)15-23-25(20,24-15)22-10(13)11-3/h2,4-5,8,16-18,26H,1H2. The number of aliphatic hydroxyl groups is 3. The molecule has 0 spiro atoms. The molecule has 0 saturated carbocycles. The molecule has 26 heavy (non-hydrogen) atoms. The van der Waals surface area contributed by atoms with Gasteiger partial charge in [-0.3, -0.25) is 4.79 Å². The average Bonchev–Trinajstić information content (AvgIpc) is 3.08. The molecule has 2 aromatic rings. The van der Waals surface area contributed by atoms with Crippen LogP contribution in [0.15, 0.2) is 4.79 Å². The van der Waals surface area contributed by atoms with Crippen LogP contribution in [0.2, 0.25) is 0 Å². The van der Waals surface area contributed by atoms with Gasteiger partial charge >= 0.3 is 19.4 Å². The molecule has 4 aliphatic heterocycles. The van der Waals surface area contributed by atoms with Gasteiger partial charge in [0.05, 0.1) is 6.61 Å². The second kappa shape index (κ2) is 5.17. The predicted octanol–water partition coefficient (Wildman–Crippen LogP) is -1.92. The number of hydrogen-bond acceptors (Lipinski definition) is 13. The van der Waals surface area contributed by atoms with Crippen LogP contribution < -0.4 is 15.3 Å². The fourth-order valence-corrected chi connectivity index (χ4v) is 4.16. The minimum absolute atomic E-state index is 0.0410. The first-order valence-electron chi connectivity index (χ1n) is 7.19. The number of anilines is 1. The lowest BCUT2D eigenvalue weighted by Gasteiger charge is -2.33. The molecule has 140 valence electrons. The Bertz CT molecular complexity index is 1030. The predicted molar refractivity (Wildman–Crippen MR) is 82.1 cm³/mol. The van der Waals surface area contributed by atoms with Crippen LogP contribution in [0.5, 0.6) is 6.01 Å². The summed E-state index contributed by atoms with van der Waals surface area (Å²) in [6, 6.07) is -0.446. The molecule has 0 aromatic carbocycles. The van der Waals surface area contributed by atoms with Crippen molar-refractivity contribution in [3.8, 4) is 6.01 Å². The summed E-state index contributed by atoms with van der Waals surface area (Å²) in [5, 5.41) is 30.2. The van der Waals surface area contributed by atoms with Crippen LogP contribution in [0.4, 0.5) is 5.95 Å². The summed E-state index contributed by atoms with van der Waals surface area (Å²) in [5.74, 6) is -0.276. The third-order valence-electron chi connectivity index (χ3n) is 4.12. The first kappa shape index (κ1) is 16.5. The largest absolute Gasteiger partial charge is 0.580 e. The molecule has 2 saturated heterocycles. The topological polar surface area (TPSA) is 171 Å². The van der Waals surface area contributed by atoms with Crippen molar-refractivity contribution >= 4 is 37.7 Å². The van der Waals surface area contributed by atoms with E-state index in [4.69, 9.17) is 18.5 Å². The Balaban J connectivity index is 1.80. The van der Waals surface area contributed by atoms with Crippen LogP contribution in [0, 0.1) is 0 Å². The summed E-state index contributed by atoms with van der Waals surface area (Å²) in [6.45, 7) is -0.573. The van der Waals surface area contributed by atoms with E-state index in [1.807, 2.05) is 0 Å². The summed E-state index contributed by atoms with van der Waals surface area (Å²) in [7, 11) is -4.07. The Morgan fingerprint density at radius 3 is 2.62 bits per heavy atom. The van der Waals surface area contributed by atoms with E-state index in [0.29, 0.717) is 5.23 Å². The highest BCUT2D eigenvalue weighted by Crippen LogP contribution is 2.61.